The molecular weight excluding hydrogens is 396 g/mol. The second kappa shape index (κ2) is 8.16. The Balaban J connectivity index is 1.64. The second-order valence-electron chi connectivity index (χ2n) is 6.87. The van der Waals surface area contributed by atoms with Gasteiger partial charge in [-0.15, -0.1) is 0 Å². The minimum atomic E-state index is -0.999. The number of aryl methyl sites for hydroxylation is 1. The number of rotatable bonds is 5. The zero-order valence-electron chi connectivity index (χ0n) is 15.6. The van der Waals surface area contributed by atoms with Gasteiger partial charge in [0.15, 0.2) is 5.11 Å². The van der Waals surface area contributed by atoms with Crippen molar-refractivity contribution in [2.75, 3.05) is 5.32 Å². The number of thiocarbonyl (C=S) groups is 1. The van der Waals surface area contributed by atoms with Gasteiger partial charge in [-0.1, -0.05) is 48.0 Å². The van der Waals surface area contributed by atoms with Gasteiger partial charge in [-0.2, -0.15) is 5.01 Å². The smallest absolute Gasteiger partial charge is 0.331 e. The zero-order valence-corrected chi connectivity index (χ0v) is 17.2. The maximum Gasteiger partial charge on any atom is 0.344 e. The number of carbonyl (C=O) groups excluding carboxylic acids is 2. The van der Waals surface area contributed by atoms with E-state index in [1.54, 1.807) is 19.1 Å². The zero-order chi connectivity index (χ0) is 20.3. The van der Waals surface area contributed by atoms with Crippen LogP contribution in [-0.2, 0) is 11.2 Å². The van der Waals surface area contributed by atoms with Gasteiger partial charge in [-0.3, -0.25) is 10.2 Å². The number of imide groups is 1. The molecule has 1 aliphatic rings. The van der Waals surface area contributed by atoms with E-state index in [1.807, 2.05) is 43.3 Å². The lowest BCUT2D eigenvalue weighted by Gasteiger charge is -2.22. The Bertz CT molecular complexity index is 922. The number of amides is 3. The minimum absolute atomic E-state index is 0.126. The lowest BCUT2D eigenvalue weighted by Crippen LogP contribution is -2.50. The summed E-state index contributed by atoms with van der Waals surface area (Å²) in [6.45, 7) is 3.57. The minimum Gasteiger partial charge on any atom is -0.331 e. The van der Waals surface area contributed by atoms with Gasteiger partial charge in [0.25, 0.3) is 5.91 Å². The molecule has 3 rings (SSSR count). The van der Waals surface area contributed by atoms with E-state index in [2.05, 4.69) is 16.1 Å². The fourth-order valence-electron chi connectivity index (χ4n) is 2.99. The van der Waals surface area contributed by atoms with E-state index in [0.717, 1.165) is 16.1 Å². The summed E-state index contributed by atoms with van der Waals surface area (Å²) in [6, 6.07) is 14.7. The quantitative estimate of drug-likeness (QED) is 0.510. The molecule has 1 saturated heterocycles. The molecule has 1 heterocycles. The maximum atomic E-state index is 12.8. The third-order valence-corrected chi connectivity index (χ3v) is 5.35. The number of carbonyl (C=O) groups is 2. The van der Waals surface area contributed by atoms with E-state index in [0.29, 0.717) is 23.6 Å². The standard InChI is InChI=1S/C20H21ClN4O2S/c1-13-15(21)9-6-10-16(13)22-18(28)24-25-17(26)20(2,23-19(25)27)12-11-14-7-4-3-5-8-14/h3-10H,11-12H2,1-2H3,(H,23,27)(H2,22,24,28)/t20-/m1/s1. The number of anilines is 1. The molecule has 0 aromatic heterocycles. The van der Waals surface area contributed by atoms with Gasteiger partial charge in [-0.05, 0) is 62.2 Å². The largest absolute Gasteiger partial charge is 0.344 e. The highest BCUT2D eigenvalue weighted by Crippen LogP contribution is 2.24. The predicted molar refractivity (Wildman–Crippen MR) is 114 cm³/mol. The molecule has 3 amide bonds. The van der Waals surface area contributed by atoms with Crippen LogP contribution in [0.2, 0.25) is 5.02 Å². The molecule has 1 aliphatic heterocycles. The molecule has 2 aromatic rings. The summed E-state index contributed by atoms with van der Waals surface area (Å²) in [7, 11) is 0. The van der Waals surface area contributed by atoms with Crippen molar-refractivity contribution in [2.24, 2.45) is 0 Å². The van der Waals surface area contributed by atoms with Crippen molar-refractivity contribution in [1.82, 2.24) is 15.8 Å². The molecule has 0 bridgehead atoms. The lowest BCUT2D eigenvalue weighted by molar-refractivity contribution is -0.132. The Morgan fingerprint density at radius 3 is 2.61 bits per heavy atom. The molecule has 0 radical (unpaired) electrons. The summed E-state index contributed by atoms with van der Waals surface area (Å²) in [5, 5.41) is 7.36. The van der Waals surface area contributed by atoms with Gasteiger partial charge in [-0.25, -0.2) is 4.79 Å². The molecule has 0 saturated carbocycles. The van der Waals surface area contributed by atoms with Crippen LogP contribution >= 0.6 is 23.8 Å². The van der Waals surface area contributed by atoms with Crippen molar-refractivity contribution in [1.29, 1.82) is 0 Å². The van der Waals surface area contributed by atoms with Gasteiger partial charge in [0.1, 0.15) is 5.54 Å². The first-order valence-corrected chi connectivity index (χ1v) is 9.62. The second-order valence-corrected chi connectivity index (χ2v) is 7.68. The first-order valence-electron chi connectivity index (χ1n) is 8.83. The van der Waals surface area contributed by atoms with Gasteiger partial charge >= 0.3 is 6.03 Å². The van der Waals surface area contributed by atoms with Crippen molar-refractivity contribution in [2.45, 2.75) is 32.2 Å². The number of nitrogens with zero attached hydrogens (tertiary/aromatic N) is 1. The summed E-state index contributed by atoms with van der Waals surface area (Å²) < 4.78 is 0. The van der Waals surface area contributed by atoms with Crippen LogP contribution < -0.4 is 16.1 Å². The number of hydrazine groups is 1. The van der Waals surface area contributed by atoms with E-state index in [-0.39, 0.29) is 11.0 Å². The van der Waals surface area contributed by atoms with Crippen LogP contribution in [0.5, 0.6) is 0 Å². The first kappa shape index (κ1) is 20.1. The average Bonchev–Trinajstić information content (AvgIpc) is 2.88. The van der Waals surface area contributed by atoms with Crippen molar-refractivity contribution in [3.63, 3.8) is 0 Å². The van der Waals surface area contributed by atoms with Crippen molar-refractivity contribution in [3.8, 4) is 0 Å². The lowest BCUT2D eigenvalue weighted by atomic mass is 9.93. The molecule has 1 atom stereocenters. The molecule has 1 fully saturated rings. The van der Waals surface area contributed by atoms with E-state index in [1.165, 1.54) is 0 Å². The number of nitrogens with one attached hydrogen (secondary N) is 3. The van der Waals surface area contributed by atoms with Crippen molar-refractivity contribution < 1.29 is 9.59 Å². The van der Waals surface area contributed by atoms with Crippen LogP contribution in [-0.4, -0.2) is 27.6 Å². The Labute approximate surface area is 174 Å². The molecule has 2 aromatic carbocycles. The van der Waals surface area contributed by atoms with Crippen LogP contribution in [0.15, 0.2) is 48.5 Å². The highest BCUT2D eigenvalue weighted by molar-refractivity contribution is 7.80. The molecule has 0 spiro atoms. The highest BCUT2D eigenvalue weighted by atomic mass is 35.5. The predicted octanol–water partition coefficient (Wildman–Crippen LogP) is 3.79. The number of hydrogen-bond donors (Lipinski definition) is 3. The Morgan fingerprint density at radius 1 is 1.18 bits per heavy atom. The molecule has 0 aliphatic carbocycles. The average molecular weight is 417 g/mol. The fraction of sp³-hybridized carbons (Fsp3) is 0.250. The third kappa shape index (κ3) is 4.26. The molecule has 0 unspecified atom stereocenters. The first-order chi connectivity index (χ1) is 13.3. The van der Waals surface area contributed by atoms with Gasteiger partial charge in [0, 0.05) is 10.7 Å². The summed E-state index contributed by atoms with van der Waals surface area (Å²) in [6.07, 6.45) is 1.15. The van der Waals surface area contributed by atoms with Gasteiger partial charge < -0.3 is 10.6 Å². The molecule has 6 nitrogen and oxygen atoms in total. The number of urea groups is 1. The topological polar surface area (TPSA) is 73.5 Å². The van der Waals surface area contributed by atoms with Crippen LogP contribution in [0.25, 0.3) is 0 Å². The third-order valence-electron chi connectivity index (χ3n) is 4.75. The van der Waals surface area contributed by atoms with Crippen LogP contribution in [0, 0.1) is 6.92 Å². The van der Waals surface area contributed by atoms with Crippen LogP contribution in [0.4, 0.5) is 10.5 Å². The Morgan fingerprint density at radius 2 is 1.89 bits per heavy atom. The Kier molecular flexibility index (Phi) is 5.86. The van der Waals surface area contributed by atoms with E-state index in [4.69, 9.17) is 23.8 Å². The van der Waals surface area contributed by atoms with Crippen molar-refractivity contribution >= 4 is 46.6 Å². The monoisotopic (exact) mass is 416 g/mol. The summed E-state index contributed by atoms with van der Waals surface area (Å²) >= 11 is 11.4. The normalized spacial score (nSPS) is 18.8. The van der Waals surface area contributed by atoms with Gasteiger partial charge in [0.2, 0.25) is 0 Å². The summed E-state index contributed by atoms with van der Waals surface area (Å²) in [5.74, 6) is -0.375. The fourth-order valence-corrected chi connectivity index (χ4v) is 3.36. The van der Waals surface area contributed by atoms with E-state index in [9.17, 15) is 9.59 Å². The van der Waals surface area contributed by atoms with Crippen LogP contribution in [0.3, 0.4) is 0 Å². The molecule has 146 valence electrons. The maximum absolute atomic E-state index is 12.8. The summed E-state index contributed by atoms with van der Waals surface area (Å²) in [4.78, 5) is 25.2. The van der Waals surface area contributed by atoms with E-state index < -0.39 is 11.6 Å². The molecule has 8 heteroatoms. The number of halogens is 1. The van der Waals surface area contributed by atoms with Crippen molar-refractivity contribution in [3.05, 3.63) is 64.7 Å². The highest BCUT2D eigenvalue weighted by Gasteiger charge is 2.48. The number of hydrogen-bond acceptors (Lipinski definition) is 3. The molecule has 3 N–H and O–H groups in total. The number of benzene rings is 2. The van der Waals surface area contributed by atoms with Gasteiger partial charge in [0.05, 0.1) is 0 Å². The Hall–Kier alpha value is -2.64. The molecule has 28 heavy (non-hydrogen) atoms. The van der Waals surface area contributed by atoms with E-state index >= 15 is 0 Å². The SMILES string of the molecule is Cc1c(Cl)cccc1NC(=S)NN1C(=O)N[C@](C)(CCc2ccccc2)C1=O. The van der Waals surface area contributed by atoms with Crippen LogP contribution in [0.1, 0.15) is 24.5 Å². The molecular formula is C20H21ClN4O2S. The summed E-state index contributed by atoms with van der Waals surface area (Å²) in [5.41, 5.74) is 4.30.